The molecule has 32 heavy (non-hydrogen) atoms. The second kappa shape index (κ2) is 10.1. The number of β-amino-alcohol motifs (C(OH)–C–C–N with tert-alkyl or cyclic N) is 1. The van der Waals surface area contributed by atoms with E-state index in [2.05, 4.69) is 9.88 Å². The van der Waals surface area contributed by atoms with Crippen molar-refractivity contribution in [2.45, 2.75) is 25.1 Å². The first kappa shape index (κ1) is 22.2. The van der Waals surface area contributed by atoms with E-state index in [0.717, 1.165) is 34.9 Å². The van der Waals surface area contributed by atoms with Gasteiger partial charge in [-0.2, -0.15) is 0 Å². The van der Waals surface area contributed by atoms with Crippen molar-refractivity contribution < 1.29 is 14.6 Å². The van der Waals surface area contributed by atoms with Gasteiger partial charge in [0.2, 0.25) is 5.88 Å². The Labute approximate surface area is 188 Å². The third-order valence-corrected chi connectivity index (χ3v) is 6.12. The highest BCUT2D eigenvalue weighted by atomic mass is 16.5. The minimum atomic E-state index is -0.299. The molecular formula is C25H30N4O3. The molecule has 4 rings (SSSR count). The molecule has 3 aromatic rings. The van der Waals surface area contributed by atoms with E-state index in [1.165, 1.54) is 0 Å². The van der Waals surface area contributed by atoms with Gasteiger partial charge >= 0.3 is 0 Å². The van der Waals surface area contributed by atoms with Gasteiger partial charge in [-0.1, -0.05) is 48.5 Å². The predicted octanol–water partition coefficient (Wildman–Crippen LogP) is 2.34. The maximum Gasteiger partial charge on any atom is 0.260 e. The number of benzene rings is 2. The number of likely N-dealkylation sites (tertiary alicyclic amines) is 1. The number of amides is 1. The van der Waals surface area contributed by atoms with Gasteiger partial charge in [0.1, 0.15) is 0 Å². The summed E-state index contributed by atoms with van der Waals surface area (Å²) in [6.07, 6.45) is 2.17. The number of pyridine rings is 1. The summed E-state index contributed by atoms with van der Waals surface area (Å²) >= 11 is 0. The molecule has 0 saturated carbocycles. The Morgan fingerprint density at radius 1 is 1.22 bits per heavy atom. The van der Waals surface area contributed by atoms with Gasteiger partial charge in [0.25, 0.3) is 5.91 Å². The molecule has 0 spiro atoms. The van der Waals surface area contributed by atoms with Crippen LogP contribution < -0.4 is 10.5 Å². The minimum absolute atomic E-state index is 0.110. The fourth-order valence-corrected chi connectivity index (χ4v) is 4.26. The van der Waals surface area contributed by atoms with Crippen LogP contribution in [0.3, 0.4) is 0 Å². The molecule has 1 aliphatic heterocycles. The fraction of sp³-hybridized carbons (Fsp3) is 0.360. The SMILES string of the molecule is CN(C(=O)COc1ncc(CN)c2ccccc12)C(CN1CC[C@H](O)C1)c1ccccc1. The molecule has 1 amide bonds. The number of ether oxygens (including phenoxy) is 1. The summed E-state index contributed by atoms with van der Waals surface area (Å²) in [7, 11) is 1.80. The monoisotopic (exact) mass is 434 g/mol. The van der Waals surface area contributed by atoms with E-state index in [4.69, 9.17) is 10.5 Å². The smallest absolute Gasteiger partial charge is 0.260 e. The molecule has 2 aromatic carbocycles. The Morgan fingerprint density at radius 2 is 1.94 bits per heavy atom. The zero-order valence-electron chi connectivity index (χ0n) is 18.4. The largest absolute Gasteiger partial charge is 0.467 e. The molecule has 7 heteroatoms. The number of rotatable bonds is 8. The molecule has 1 aliphatic rings. The first-order chi connectivity index (χ1) is 15.6. The second-order valence-electron chi connectivity index (χ2n) is 8.26. The zero-order chi connectivity index (χ0) is 22.5. The number of hydrogen-bond donors (Lipinski definition) is 2. The Kier molecular flexibility index (Phi) is 6.99. The number of nitrogens with zero attached hydrogens (tertiary/aromatic N) is 3. The van der Waals surface area contributed by atoms with Gasteiger partial charge in [-0.15, -0.1) is 0 Å². The number of carbonyl (C=O) groups is 1. The van der Waals surface area contributed by atoms with Crippen LogP contribution in [0.4, 0.5) is 0 Å². The average Bonchev–Trinajstić information content (AvgIpc) is 3.25. The molecule has 2 heterocycles. The Hall–Kier alpha value is -3.00. The molecule has 0 aliphatic carbocycles. The summed E-state index contributed by atoms with van der Waals surface area (Å²) in [6.45, 7) is 2.40. The van der Waals surface area contributed by atoms with Crippen LogP contribution >= 0.6 is 0 Å². The highest BCUT2D eigenvalue weighted by molar-refractivity contribution is 5.89. The number of aliphatic hydroxyl groups excluding tert-OH is 1. The van der Waals surface area contributed by atoms with Crippen LogP contribution in [0.1, 0.15) is 23.6 Å². The molecule has 1 unspecified atom stereocenters. The Morgan fingerprint density at radius 3 is 2.62 bits per heavy atom. The molecule has 0 radical (unpaired) electrons. The van der Waals surface area contributed by atoms with Crippen molar-refractivity contribution in [2.24, 2.45) is 5.73 Å². The summed E-state index contributed by atoms with van der Waals surface area (Å²) in [5.74, 6) is 0.297. The van der Waals surface area contributed by atoms with Gasteiger partial charge in [-0.3, -0.25) is 9.69 Å². The molecule has 3 N–H and O–H groups in total. The van der Waals surface area contributed by atoms with E-state index in [0.29, 0.717) is 25.5 Å². The molecule has 1 fully saturated rings. The summed E-state index contributed by atoms with van der Waals surface area (Å²) in [4.78, 5) is 21.4. The fourth-order valence-electron chi connectivity index (χ4n) is 4.26. The molecule has 0 bridgehead atoms. The van der Waals surface area contributed by atoms with Gasteiger partial charge < -0.3 is 20.5 Å². The van der Waals surface area contributed by atoms with Gasteiger partial charge in [-0.05, 0) is 29.0 Å². The maximum atomic E-state index is 13.1. The van der Waals surface area contributed by atoms with Gasteiger partial charge in [0, 0.05) is 44.8 Å². The minimum Gasteiger partial charge on any atom is -0.467 e. The van der Waals surface area contributed by atoms with E-state index in [9.17, 15) is 9.90 Å². The topological polar surface area (TPSA) is 91.9 Å². The summed E-state index contributed by atoms with van der Waals surface area (Å²) in [6, 6.07) is 17.6. The number of aromatic nitrogens is 1. The predicted molar refractivity (Wildman–Crippen MR) is 124 cm³/mol. The van der Waals surface area contributed by atoms with Crippen molar-refractivity contribution in [3.63, 3.8) is 0 Å². The van der Waals surface area contributed by atoms with E-state index >= 15 is 0 Å². The maximum absolute atomic E-state index is 13.1. The molecule has 2 atom stereocenters. The third kappa shape index (κ3) is 4.91. The highest BCUT2D eigenvalue weighted by Crippen LogP contribution is 2.27. The standard InChI is InChI=1S/C25H30N4O3/c1-28(23(18-7-3-2-4-8-18)16-29-12-11-20(30)15-29)24(31)17-32-25-22-10-6-5-9-21(22)19(13-26)14-27-25/h2-10,14,20,23,30H,11-13,15-17,26H2,1H3/t20-,23?/m0/s1. The van der Waals surface area contributed by atoms with Crippen molar-refractivity contribution in [3.05, 3.63) is 71.9 Å². The van der Waals surface area contributed by atoms with E-state index < -0.39 is 0 Å². The van der Waals surface area contributed by atoms with Crippen LogP contribution in [0.5, 0.6) is 5.88 Å². The first-order valence-electron chi connectivity index (χ1n) is 11.0. The van der Waals surface area contributed by atoms with Gasteiger partial charge in [0.05, 0.1) is 12.1 Å². The second-order valence-corrected chi connectivity index (χ2v) is 8.26. The number of likely N-dealkylation sites (N-methyl/N-ethyl adjacent to an activating group) is 1. The normalized spacial score (nSPS) is 17.4. The third-order valence-electron chi connectivity index (χ3n) is 6.12. The van der Waals surface area contributed by atoms with E-state index in [1.807, 2.05) is 54.6 Å². The van der Waals surface area contributed by atoms with Crippen molar-refractivity contribution in [1.29, 1.82) is 0 Å². The number of fused-ring (bicyclic) bond motifs is 1. The zero-order valence-corrected chi connectivity index (χ0v) is 18.4. The lowest BCUT2D eigenvalue weighted by Gasteiger charge is -2.32. The summed E-state index contributed by atoms with van der Waals surface area (Å²) in [5.41, 5.74) is 7.83. The lowest BCUT2D eigenvalue weighted by molar-refractivity contribution is -0.134. The summed E-state index contributed by atoms with van der Waals surface area (Å²) in [5, 5.41) is 11.7. The number of nitrogens with two attached hydrogens (primary N) is 1. The van der Waals surface area contributed by atoms with Crippen molar-refractivity contribution in [1.82, 2.24) is 14.8 Å². The number of hydrogen-bond acceptors (Lipinski definition) is 6. The first-order valence-corrected chi connectivity index (χ1v) is 11.0. The van der Waals surface area contributed by atoms with Crippen molar-refractivity contribution >= 4 is 16.7 Å². The van der Waals surface area contributed by atoms with Crippen LogP contribution in [0.15, 0.2) is 60.8 Å². The molecular weight excluding hydrogens is 404 g/mol. The van der Waals surface area contributed by atoms with Crippen LogP contribution in [0, 0.1) is 0 Å². The number of carbonyl (C=O) groups excluding carboxylic acids is 1. The van der Waals surface area contributed by atoms with Gasteiger partial charge in [-0.25, -0.2) is 4.98 Å². The van der Waals surface area contributed by atoms with Gasteiger partial charge in [0.15, 0.2) is 6.61 Å². The molecule has 1 saturated heterocycles. The lowest BCUT2D eigenvalue weighted by Crippen LogP contribution is -2.41. The van der Waals surface area contributed by atoms with Crippen molar-refractivity contribution in [3.8, 4) is 5.88 Å². The van der Waals surface area contributed by atoms with E-state index in [1.54, 1.807) is 18.1 Å². The molecule has 7 nitrogen and oxygen atoms in total. The Balaban J connectivity index is 1.49. The van der Waals surface area contributed by atoms with Crippen LogP contribution in [0.2, 0.25) is 0 Å². The van der Waals surface area contributed by atoms with E-state index in [-0.39, 0.29) is 24.7 Å². The number of aliphatic hydroxyl groups is 1. The summed E-state index contributed by atoms with van der Waals surface area (Å²) < 4.78 is 5.88. The van der Waals surface area contributed by atoms with Crippen molar-refractivity contribution in [2.75, 3.05) is 33.3 Å². The van der Waals surface area contributed by atoms with Crippen LogP contribution in [0.25, 0.3) is 10.8 Å². The quantitative estimate of drug-likeness (QED) is 0.565. The van der Waals surface area contributed by atoms with Crippen LogP contribution in [-0.2, 0) is 11.3 Å². The molecule has 168 valence electrons. The Bertz CT molecular complexity index is 1060. The highest BCUT2D eigenvalue weighted by Gasteiger charge is 2.28. The lowest BCUT2D eigenvalue weighted by atomic mass is 10.0. The molecule has 1 aromatic heterocycles. The van der Waals surface area contributed by atoms with Crippen LogP contribution in [-0.4, -0.2) is 65.2 Å². The average molecular weight is 435 g/mol.